The number of nitrogens with two attached hydrogens (primary N) is 1. The molecule has 0 atom stereocenters. The molecule has 0 aliphatic rings. The van der Waals surface area contributed by atoms with E-state index >= 15 is 0 Å². The molecule has 0 aliphatic carbocycles. The molecule has 0 aliphatic heterocycles. The van der Waals surface area contributed by atoms with E-state index in [4.69, 9.17) is 5.73 Å². The fourth-order valence-electron chi connectivity index (χ4n) is 3.20. The number of nitrogens with zero attached hydrogens (tertiary/aromatic N) is 1. The zero-order valence-electron chi connectivity index (χ0n) is 18.0. The van der Waals surface area contributed by atoms with Crippen molar-refractivity contribution in [3.05, 3.63) is 71.4 Å². The van der Waals surface area contributed by atoms with E-state index in [1.165, 1.54) is 10.9 Å². The summed E-state index contributed by atoms with van der Waals surface area (Å²) in [5, 5.41) is 10.3. The molecule has 1 aromatic heterocycles. The van der Waals surface area contributed by atoms with Gasteiger partial charge < -0.3 is 26.7 Å². The van der Waals surface area contributed by atoms with Crippen molar-refractivity contribution in [3.8, 4) is 0 Å². The SMILES string of the molecule is CCNC(=NCc1ccc(C(=O)NCC(N)=O)cc1)NCCc1c[nH]c2ccccc12.I. The van der Waals surface area contributed by atoms with Crippen molar-refractivity contribution in [3.63, 3.8) is 0 Å². The second-order valence-electron chi connectivity index (χ2n) is 7.08. The highest BCUT2D eigenvalue weighted by atomic mass is 127. The van der Waals surface area contributed by atoms with Gasteiger partial charge in [-0.2, -0.15) is 0 Å². The lowest BCUT2D eigenvalue weighted by Gasteiger charge is -2.11. The molecular formula is C23H29IN6O2. The second-order valence-corrected chi connectivity index (χ2v) is 7.08. The first-order chi connectivity index (χ1) is 15.1. The number of aromatic nitrogens is 1. The molecule has 170 valence electrons. The number of carbonyl (C=O) groups is 2. The van der Waals surface area contributed by atoms with Crippen molar-refractivity contribution in [2.75, 3.05) is 19.6 Å². The van der Waals surface area contributed by atoms with Gasteiger partial charge in [-0.05, 0) is 42.7 Å². The molecule has 3 rings (SSSR count). The molecule has 0 radical (unpaired) electrons. The molecule has 3 aromatic rings. The molecule has 0 unspecified atom stereocenters. The number of carbonyl (C=O) groups excluding carboxylic acids is 2. The highest BCUT2D eigenvalue weighted by Crippen LogP contribution is 2.17. The van der Waals surface area contributed by atoms with E-state index in [0.717, 1.165) is 36.6 Å². The van der Waals surface area contributed by atoms with Crippen molar-refractivity contribution >= 4 is 52.7 Å². The Morgan fingerprint density at radius 2 is 1.78 bits per heavy atom. The van der Waals surface area contributed by atoms with Crippen LogP contribution in [-0.4, -0.2) is 42.4 Å². The van der Waals surface area contributed by atoms with Gasteiger partial charge in [0.05, 0.1) is 13.1 Å². The topological polar surface area (TPSA) is 124 Å². The smallest absolute Gasteiger partial charge is 0.251 e. The van der Waals surface area contributed by atoms with Crippen LogP contribution in [0.5, 0.6) is 0 Å². The maximum absolute atomic E-state index is 11.9. The number of primary amides is 1. The summed E-state index contributed by atoms with van der Waals surface area (Å²) in [5.41, 5.74) is 8.89. The first-order valence-corrected chi connectivity index (χ1v) is 10.3. The number of halogens is 1. The van der Waals surface area contributed by atoms with Crippen molar-refractivity contribution in [2.45, 2.75) is 19.9 Å². The summed E-state index contributed by atoms with van der Waals surface area (Å²) in [4.78, 5) is 30.6. The summed E-state index contributed by atoms with van der Waals surface area (Å²) in [5.74, 6) is -0.167. The third kappa shape index (κ3) is 7.26. The number of fused-ring (bicyclic) bond motifs is 1. The number of amides is 2. The monoisotopic (exact) mass is 548 g/mol. The Hall–Kier alpha value is -3.08. The highest BCUT2D eigenvalue weighted by Gasteiger charge is 2.07. The maximum Gasteiger partial charge on any atom is 0.251 e. The Kier molecular flexibility index (Phi) is 9.99. The number of guanidine groups is 1. The summed E-state index contributed by atoms with van der Waals surface area (Å²) in [6.07, 6.45) is 2.93. The van der Waals surface area contributed by atoms with E-state index in [0.29, 0.717) is 12.1 Å². The lowest BCUT2D eigenvalue weighted by Crippen LogP contribution is -2.38. The number of nitrogens with one attached hydrogen (secondary N) is 4. The van der Waals surface area contributed by atoms with Gasteiger partial charge in [-0.25, -0.2) is 4.99 Å². The van der Waals surface area contributed by atoms with Gasteiger partial charge >= 0.3 is 0 Å². The molecular weight excluding hydrogens is 519 g/mol. The zero-order chi connectivity index (χ0) is 22.1. The number of hydrogen-bond donors (Lipinski definition) is 5. The Bertz CT molecular complexity index is 1060. The third-order valence-electron chi connectivity index (χ3n) is 4.76. The molecule has 2 amide bonds. The van der Waals surface area contributed by atoms with Crippen molar-refractivity contribution in [1.29, 1.82) is 0 Å². The van der Waals surface area contributed by atoms with Crippen LogP contribution in [0.1, 0.15) is 28.4 Å². The van der Waals surface area contributed by atoms with E-state index in [1.807, 2.05) is 31.2 Å². The number of para-hydroxylation sites is 1. The number of rotatable bonds is 9. The highest BCUT2D eigenvalue weighted by molar-refractivity contribution is 14.0. The number of H-pyrrole nitrogens is 1. The molecule has 0 saturated carbocycles. The minimum Gasteiger partial charge on any atom is -0.368 e. The van der Waals surface area contributed by atoms with Crippen LogP contribution in [-0.2, 0) is 17.8 Å². The summed E-state index contributed by atoms with van der Waals surface area (Å²) in [7, 11) is 0. The van der Waals surface area contributed by atoms with Crippen molar-refractivity contribution in [2.24, 2.45) is 10.7 Å². The minimum atomic E-state index is -0.576. The third-order valence-corrected chi connectivity index (χ3v) is 4.76. The lowest BCUT2D eigenvalue weighted by atomic mass is 10.1. The van der Waals surface area contributed by atoms with Crippen LogP contribution in [0.25, 0.3) is 10.9 Å². The van der Waals surface area contributed by atoms with E-state index in [2.05, 4.69) is 44.3 Å². The fourth-order valence-corrected chi connectivity index (χ4v) is 3.20. The van der Waals surface area contributed by atoms with E-state index in [1.54, 1.807) is 12.1 Å². The van der Waals surface area contributed by atoms with E-state index in [-0.39, 0.29) is 36.4 Å². The van der Waals surface area contributed by atoms with Gasteiger partial charge in [0, 0.05) is 35.8 Å². The van der Waals surface area contributed by atoms with Crippen LogP contribution in [0.3, 0.4) is 0 Å². The molecule has 1 heterocycles. The van der Waals surface area contributed by atoms with Crippen LogP contribution >= 0.6 is 24.0 Å². The average Bonchev–Trinajstić information content (AvgIpc) is 3.19. The molecule has 2 aromatic carbocycles. The van der Waals surface area contributed by atoms with Gasteiger partial charge in [-0.3, -0.25) is 9.59 Å². The fraction of sp³-hybridized carbons (Fsp3) is 0.261. The average molecular weight is 548 g/mol. The Morgan fingerprint density at radius 1 is 1.03 bits per heavy atom. The van der Waals surface area contributed by atoms with Crippen LogP contribution in [0.2, 0.25) is 0 Å². The quantitative estimate of drug-likeness (QED) is 0.160. The summed E-state index contributed by atoms with van der Waals surface area (Å²) in [6.45, 7) is 3.84. The summed E-state index contributed by atoms with van der Waals surface area (Å²) >= 11 is 0. The molecule has 6 N–H and O–H groups in total. The molecule has 0 bridgehead atoms. The largest absolute Gasteiger partial charge is 0.368 e. The molecule has 0 saturated heterocycles. The van der Waals surface area contributed by atoms with Gasteiger partial charge in [0.1, 0.15) is 0 Å². The Balaban J connectivity index is 0.00000363. The molecule has 8 nitrogen and oxygen atoms in total. The van der Waals surface area contributed by atoms with Crippen LogP contribution in [0.4, 0.5) is 0 Å². The molecule has 9 heteroatoms. The van der Waals surface area contributed by atoms with Gasteiger partial charge in [-0.15, -0.1) is 24.0 Å². The van der Waals surface area contributed by atoms with Gasteiger partial charge in [0.2, 0.25) is 5.91 Å². The number of hydrogen-bond acceptors (Lipinski definition) is 3. The van der Waals surface area contributed by atoms with E-state index in [9.17, 15) is 9.59 Å². The number of aromatic amines is 1. The standard InChI is InChI=1S/C23H28N6O2.HI/c1-2-25-23(26-12-11-18-14-27-20-6-4-3-5-19(18)20)29-13-16-7-9-17(10-8-16)22(31)28-15-21(24)30;/h3-10,14,27H,2,11-13,15H2,1H3,(H2,24,30)(H,28,31)(H2,25,26,29);1H. The van der Waals surface area contributed by atoms with E-state index < -0.39 is 5.91 Å². The van der Waals surface area contributed by atoms with Crippen LogP contribution in [0, 0.1) is 0 Å². The lowest BCUT2D eigenvalue weighted by molar-refractivity contribution is -0.117. The molecule has 0 fully saturated rings. The van der Waals surface area contributed by atoms with Crippen molar-refractivity contribution < 1.29 is 9.59 Å². The minimum absolute atomic E-state index is 0. The van der Waals surface area contributed by atoms with Crippen LogP contribution < -0.4 is 21.7 Å². The predicted octanol–water partition coefficient (Wildman–Crippen LogP) is 2.30. The van der Waals surface area contributed by atoms with Gasteiger partial charge in [-0.1, -0.05) is 30.3 Å². The Morgan fingerprint density at radius 3 is 2.50 bits per heavy atom. The summed E-state index contributed by atoms with van der Waals surface area (Å²) in [6, 6.07) is 15.4. The maximum atomic E-state index is 11.9. The molecule has 32 heavy (non-hydrogen) atoms. The van der Waals surface area contributed by atoms with Crippen molar-refractivity contribution in [1.82, 2.24) is 20.9 Å². The first kappa shape index (κ1) is 25.2. The predicted molar refractivity (Wildman–Crippen MR) is 138 cm³/mol. The second kappa shape index (κ2) is 12.7. The Labute approximate surface area is 204 Å². The first-order valence-electron chi connectivity index (χ1n) is 10.3. The zero-order valence-corrected chi connectivity index (χ0v) is 20.3. The van der Waals surface area contributed by atoms with Gasteiger partial charge in [0.15, 0.2) is 5.96 Å². The van der Waals surface area contributed by atoms with Gasteiger partial charge in [0.25, 0.3) is 5.91 Å². The summed E-state index contributed by atoms with van der Waals surface area (Å²) < 4.78 is 0. The van der Waals surface area contributed by atoms with Crippen LogP contribution in [0.15, 0.2) is 59.7 Å². The molecule has 0 spiro atoms. The number of benzene rings is 2. The number of aliphatic imine (C=N–C) groups is 1. The normalized spacial score (nSPS) is 11.0.